The lowest BCUT2D eigenvalue weighted by Crippen LogP contribution is -2.45. The monoisotopic (exact) mass is 266 g/mol. The molecule has 6 heteroatoms. The Morgan fingerprint density at radius 3 is 2.37 bits per heavy atom. The van der Waals surface area contributed by atoms with Crippen LogP contribution in [0.25, 0.3) is 0 Å². The number of benzene rings is 1. The number of nitrogens with zero attached hydrogens (tertiary/aromatic N) is 2. The molecular formula is C13H20BFN2O2. The average Bonchev–Trinajstić information content (AvgIpc) is 2.42. The highest BCUT2D eigenvalue weighted by molar-refractivity contribution is 6.58. The first-order valence-electron chi connectivity index (χ1n) is 6.69. The Balaban J connectivity index is 2.01. The van der Waals surface area contributed by atoms with Crippen LogP contribution in [0.5, 0.6) is 0 Å². The van der Waals surface area contributed by atoms with Gasteiger partial charge in [0.1, 0.15) is 5.82 Å². The molecule has 4 nitrogen and oxygen atoms in total. The molecule has 1 aliphatic rings. The molecule has 0 aliphatic carbocycles. The maximum Gasteiger partial charge on any atom is 0.488 e. The minimum atomic E-state index is -1.55. The van der Waals surface area contributed by atoms with E-state index in [1.54, 1.807) is 0 Å². The van der Waals surface area contributed by atoms with E-state index in [1.165, 1.54) is 18.2 Å². The molecule has 2 rings (SSSR count). The average molecular weight is 266 g/mol. The second kappa shape index (κ2) is 6.48. The van der Waals surface area contributed by atoms with Gasteiger partial charge >= 0.3 is 7.12 Å². The van der Waals surface area contributed by atoms with Crippen LogP contribution in [0.1, 0.15) is 12.5 Å². The highest BCUT2D eigenvalue weighted by Crippen LogP contribution is 2.11. The van der Waals surface area contributed by atoms with Gasteiger partial charge in [-0.25, -0.2) is 4.39 Å². The van der Waals surface area contributed by atoms with Crippen molar-refractivity contribution in [2.75, 3.05) is 32.7 Å². The van der Waals surface area contributed by atoms with Gasteiger partial charge in [-0.1, -0.05) is 19.1 Å². The zero-order chi connectivity index (χ0) is 13.8. The number of halogens is 1. The van der Waals surface area contributed by atoms with Gasteiger partial charge in [-0.15, -0.1) is 0 Å². The molecule has 1 fully saturated rings. The van der Waals surface area contributed by atoms with Gasteiger partial charge in [0.05, 0.1) is 0 Å². The van der Waals surface area contributed by atoms with Crippen LogP contribution in [-0.4, -0.2) is 59.7 Å². The molecule has 0 aromatic heterocycles. The van der Waals surface area contributed by atoms with Gasteiger partial charge in [-0.3, -0.25) is 4.90 Å². The molecule has 0 atom stereocenters. The van der Waals surface area contributed by atoms with Crippen LogP contribution >= 0.6 is 0 Å². The van der Waals surface area contributed by atoms with E-state index in [9.17, 15) is 4.39 Å². The molecule has 19 heavy (non-hydrogen) atoms. The van der Waals surface area contributed by atoms with Crippen LogP contribution in [0.15, 0.2) is 18.2 Å². The molecule has 1 saturated heterocycles. The molecule has 0 spiro atoms. The van der Waals surface area contributed by atoms with E-state index < -0.39 is 7.12 Å². The van der Waals surface area contributed by atoms with Crippen LogP contribution in [0.4, 0.5) is 4.39 Å². The van der Waals surface area contributed by atoms with Crippen molar-refractivity contribution in [2.24, 2.45) is 0 Å². The Morgan fingerprint density at radius 2 is 1.79 bits per heavy atom. The van der Waals surface area contributed by atoms with Crippen molar-refractivity contribution in [2.45, 2.75) is 13.5 Å². The highest BCUT2D eigenvalue weighted by Gasteiger charge is 2.18. The third-order valence-electron chi connectivity index (χ3n) is 3.67. The Morgan fingerprint density at radius 1 is 1.16 bits per heavy atom. The summed E-state index contributed by atoms with van der Waals surface area (Å²) in [7, 11) is -1.55. The maximum atomic E-state index is 13.7. The van der Waals surface area contributed by atoms with Crippen molar-refractivity contribution < 1.29 is 14.4 Å². The maximum absolute atomic E-state index is 13.7. The first kappa shape index (κ1) is 14.5. The van der Waals surface area contributed by atoms with Crippen molar-refractivity contribution in [3.8, 4) is 0 Å². The zero-order valence-electron chi connectivity index (χ0n) is 11.2. The molecule has 1 aliphatic heterocycles. The first-order chi connectivity index (χ1) is 9.10. The van der Waals surface area contributed by atoms with E-state index in [0.717, 1.165) is 32.7 Å². The molecule has 0 amide bonds. The van der Waals surface area contributed by atoms with Crippen molar-refractivity contribution in [3.05, 3.63) is 29.6 Å². The smallest absolute Gasteiger partial charge is 0.423 e. The van der Waals surface area contributed by atoms with E-state index in [4.69, 9.17) is 10.0 Å². The van der Waals surface area contributed by atoms with Gasteiger partial charge in [0, 0.05) is 38.3 Å². The Kier molecular flexibility index (Phi) is 4.93. The largest absolute Gasteiger partial charge is 0.488 e. The van der Waals surface area contributed by atoms with Gasteiger partial charge < -0.3 is 14.9 Å². The van der Waals surface area contributed by atoms with Crippen molar-refractivity contribution in [1.82, 2.24) is 9.80 Å². The summed E-state index contributed by atoms with van der Waals surface area (Å²) in [6, 6.07) is 4.23. The fourth-order valence-electron chi connectivity index (χ4n) is 2.38. The lowest BCUT2D eigenvalue weighted by molar-refractivity contribution is 0.131. The standard InChI is InChI=1S/C13H20BFN2O2/c1-2-16-5-7-17(8-6-16)10-11-9-12(14(18)19)3-4-13(11)15/h3-4,9,18-19H,2,5-8,10H2,1H3. The second-order valence-corrected chi connectivity index (χ2v) is 4.93. The van der Waals surface area contributed by atoms with Crippen molar-refractivity contribution in [3.63, 3.8) is 0 Å². The van der Waals surface area contributed by atoms with Crippen molar-refractivity contribution >= 4 is 12.6 Å². The van der Waals surface area contributed by atoms with E-state index in [1.807, 2.05) is 0 Å². The molecule has 0 saturated carbocycles. The molecular weight excluding hydrogens is 246 g/mol. The first-order valence-corrected chi connectivity index (χ1v) is 6.69. The summed E-state index contributed by atoms with van der Waals surface area (Å²) in [5.41, 5.74) is 0.860. The van der Waals surface area contributed by atoms with Crippen LogP contribution in [0, 0.1) is 5.82 Å². The predicted octanol–water partition coefficient (Wildman–Crippen LogP) is -0.357. The Hall–Kier alpha value is -0.945. The predicted molar refractivity (Wildman–Crippen MR) is 73.6 cm³/mol. The fraction of sp³-hybridized carbons (Fsp3) is 0.538. The van der Waals surface area contributed by atoms with Gasteiger partial charge in [0.2, 0.25) is 0 Å². The molecule has 0 bridgehead atoms. The van der Waals surface area contributed by atoms with Crippen molar-refractivity contribution in [1.29, 1.82) is 0 Å². The molecule has 1 aromatic rings. The zero-order valence-corrected chi connectivity index (χ0v) is 11.2. The summed E-state index contributed by atoms with van der Waals surface area (Å²) in [6.45, 7) is 7.54. The summed E-state index contributed by atoms with van der Waals surface area (Å²) >= 11 is 0. The molecule has 2 N–H and O–H groups in total. The van der Waals surface area contributed by atoms with Crippen LogP contribution in [-0.2, 0) is 6.54 Å². The van der Waals surface area contributed by atoms with Gasteiger partial charge in [-0.2, -0.15) is 0 Å². The Bertz CT molecular complexity index is 423. The van der Waals surface area contributed by atoms with Gasteiger partial charge in [-0.05, 0) is 18.1 Å². The molecule has 1 heterocycles. The number of hydrogen-bond donors (Lipinski definition) is 2. The van der Waals surface area contributed by atoms with Gasteiger partial charge in [0.25, 0.3) is 0 Å². The number of likely N-dealkylation sites (N-methyl/N-ethyl adjacent to an activating group) is 1. The minimum absolute atomic E-state index is 0.290. The van der Waals surface area contributed by atoms with Crippen LogP contribution in [0.3, 0.4) is 0 Å². The second-order valence-electron chi connectivity index (χ2n) is 4.93. The molecule has 0 radical (unpaired) electrons. The topological polar surface area (TPSA) is 46.9 Å². The summed E-state index contributed by atoms with van der Waals surface area (Å²) < 4.78 is 13.7. The quantitative estimate of drug-likeness (QED) is 0.731. The van der Waals surface area contributed by atoms with E-state index in [2.05, 4.69) is 16.7 Å². The highest BCUT2D eigenvalue weighted by atomic mass is 19.1. The number of piperazine rings is 1. The molecule has 104 valence electrons. The third kappa shape index (κ3) is 3.76. The van der Waals surface area contributed by atoms with E-state index in [0.29, 0.717) is 17.6 Å². The SMILES string of the molecule is CCN1CCN(Cc2cc(B(O)O)ccc2F)CC1. The minimum Gasteiger partial charge on any atom is -0.423 e. The molecule has 1 aromatic carbocycles. The van der Waals surface area contributed by atoms with E-state index >= 15 is 0 Å². The Labute approximate surface area is 113 Å². The van der Waals surface area contributed by atoms with Crippen LogP contribution in [0.2, 0.25) is 0 Å². The normalized spacial score (nSPS) is 17.7. The van der Waals surface area contributed by atoms with Gasteiger partial charge in [0.15, 0.2) is 0 Å². The summed E-state index contributed by atoms with van der Waals surface area (Å²) in [6.07, 6.45) is 0. The van der Waals surface area contributed by atoms with Crippen LogP contribution < -0.4 is 5.46 Å². The summed E-state index contributed by atoms with van der Waals surface area (Å²) in [4.78, 5) is 4.55. The summed E-state index contributed by atoms with van der Waals surface area (Å²) in [5, 5.41) is 18.2. The number of rotatable bonds is 4. The molecule has 0 unspecified atom stereocenters. The third-order valence-corrected chi connectivity index (χ3v) is 3.67. The summed E-state index contributed by atoms with van der Waals surface area (Å²) in [5.74, 6) is -0.290. The van der Waals surface area contributed by atoms with E-state index in [-0.39, 0.29) is 5.82 Å². The lowest BCUT2D eigenvalue weighted by Gasteiger charge is -2.34. The lowest BCUT2D eigenvalue weighted by atomic mass is 9.79. The fourth-order valence-corrected chi connectivity index (χ4v) is 2.38. The number of hydrogen-bond acceptors (Lipinski definition) is 4.